The lowest BCUT2D eigenvalue weighted by molar-refractivity contribution is -0.137. The molecule has 0 aliphatic heterocycles. The highest BCUT2D eigenvalue weighted by atomic mass is 19.4. The van der Waals surface area contributed by atoms with Gasteiger partial charge in [0.1, 0.15) is 6.61 Å². The number of hydrogen-bond acceptors (Lipinski definition) is 5. The third kappa shape index (κ3) is 6.59. The summed E-state index contributed by atoms with van der Waals surface area (Å²) in [6.07, 6.45) is -3.35. The molecule has 3 aromatic carbocycles. The zero-order chi connectivity index (χ0) is 24.6. The number of ether oxygens (including phenoxy) is 2. The van der Waals surface area contributed by atoms with Crippen molar-refractivity contribution < 1.29 is 27.4 Å². The van der Waals surface area contributed by atoms with Crippen LogP contribution in [0.4, 0.5) is 13.2 Å². The van der Waals surface area contributed by atoms with E-state index in [4.69, 9.17) is 9.47 Å². The maximum atomic E-state index is 12.8. The average molecular weight is 467 g/mol. The molecule has 0 atom stereocenters. The Balaban J connectivity index is 1.60. The van der Waals surface area contributed by atoms with Gasteiger partial charge in [-0.2, -0.15) is 23.5 Å². The molecule has 9 heteroatoms. The number of rotatable bonds is 8. The minimum Gasteiger partial charge on any atom is -0.493 e. The molecule has 0 radical (unpaired) electrons. The van der Waals surface area contributed by atoms with Gasteiger partial charge in [0.2, 0.25) is 5.91 Å². The van der Waals surface area contributed by atoms with Gasteiger partial charge in [0.05, 0.1) is 36.9 Å². The van der Waals surface area contributed by atoms with E-state index in [2.05, 4.69) is 16.6 Å². The molecule has 174 valence electrons. The topological polar surface area (TPSA) is 83.7 Å². The summed E-state index contributed by atoms with van der Waals surface area (Å²) in [4.78, 5) is 12.0. The summed E-state index contributed by atoms with van der Waals surface area (Å²) in [6.45, 7) is 0.180. The molecule has 0 saturated carbocycles. The number of nitrogens with zero attached hydrogens (tertiary/aromatic N) is 2. The van der Waals surface area contributed by atoms with Crippen LogP contribution in [-0.2, 0) is 24.0 Å². The summed E-state index contributed by atoms with van der Waals surface area (Å²) in [5, 5.41) is 13.0. The Hall–Kier alpha value is -4.32. The number of carbonyl (C=O) groups excluding carboxylic acids is 1. The van der Waals surface area contributed by atoms with Gasteiger partial charge < -0.3 is 9.47 Å². The molecule has 34 heavy (non-hydrogen) atoms. The minimum atomic E-state index is -4.47. The molecule has 3 rings (SSSR count). The monoisotopic (exact) mass is 467 g/mol. The van der Waals surface area contributed by atoms with Crippen LogP contribution >= 0.6 is 0 Å². The lowest BCUT2D eigenvalue weighted by Crippen LogP contribution is -2.20. The van der Waals surface area contributed by atoms with E-state index in [1.165, 1.54) is 25.5 Å². The van der Waals surface area contributed by atoms with Gasteiger partial charge in [0.25, 0.3) is 0 Å². The van der Waals surface area contributed by atoms with Crippen molar-refractivity contribution in [1.29, 1.82) is 5.26 Å². The highest BCUT2D eigenvalue weighted by Crippen LogP contribution is 2.30. The molecule has 0 unspecified atom stereocenters. The van der Waals surface area contributed by atoms with Gasteiger partial charge in [-0.05, 0) is 41.5 Å². The van der Waals surface area contributed by atoms with Gasteiger partial charge in [0, 0.05) is 5.56 Å². The van der Waals surface area contributed by atoms with Crippen molar-refractivity contribution in [3.8, 4) is 17.6 Å². The Morgan fingerprint density at radius 3 is 2.62 bits per heavy atom. The highest BCUT2D eigenvalue weighted by molar-refractivity contribution is 5.84. The molecular formula is C25H20F3N3O3. The van der Waals surface area contributed by atoms with Crippen molar-refractivity contribution in [2.45, 2.75) is 19.2 Å². The van der Waals surface area contributed by atoms with Gasteiger partial charge in [-0.1, -0.05) is 36.4 Å². The van der Waals surface area contributed by atoms with Crippen LogP contribution in [0, 0.1) is 11.3 Å². The smallest absolute Gasteiger partial charge is 0.416 e. The van der Waals surface area contributed by atoms with Crippen molar-refractivity contribution >= 4 is 12.1 Å². The van der Waals surface area contributed by atoms with Crippen LogP contribution in [0.3, 0.4) is 0 Å². The fourth-order valence-corrected chi connectivity index (χ4v) is 3.06. The first kappa shape index (κ1) is 24.3. The van der Waals surface area contributed by atoms with Gasteiger partial charge in [0.15, 0.2) is 11.5 Å². The number of nitriles is 1. The molecule has 1 amide bonds. The van der Waals surface area contributed by atoms with E-state index in [1.54, 1.807) is 36.4 Å². The van der Waals surface area contributed by atoms with Gasteiger partial charge >= 0.3 is 6.18 Å². The van der Waals surface area contributed by atoms with Crippen molar-refractivity contribution in [1.82, 2.24) is 5.43 Å². The zero-order valence-electron chi connectivity index (χ0n) is 18.1. The molecule has 0 fully saturated rings. The quantitative estimate of drug-likeness (QED) is 0.379. The summed E-state index contributed by atoms with van der Waals surface area (Å²) in [6, 6.07) is 18.8. The Morgan fingerprint density at radius 2 is 1.88 bits per heavy atom. The molecule has 6 nitrogen and oxygen atoms in total. The number of hydrogen-bond donors (Lipinski definition) is 1. The maximum Gasteiger partial charge on any atom is 0.416 e. The number of nitrogens with one attached hydrogen (secondary N) is 1. The number of amides is 1. The van der Waals surface area contributed by atoms with Crippen LogP contribution in [0.2, 0.25) is 0 Å². The lowest BCUT2D eigenvalue weighted by atomic mass is 10.1. The minimum absolute atomic E-state index is 0.180. The fourth-order valence-electron chi connectivity index (χ4n) is 3.06. The Morgan fingerprint density at radius 1 is 1.09 bits per heavy atom. The second-order valence-corrected chi connectivity index (χ2v) is 7.14. The van der Waals surface area contributed by atoms with E-state index in [0.29, 0.717) is 22.6 Å². The molecule has 0 aliphatic rings. The SMILES string of the molecule is COc1cc(C=NNC(=O)Cc2cccc(C(F)(F)F)c2)ccc1OCc1ccccc1C#N. The number of benzene rings is 3. The van der Waals surface area contributed by atoms with E-state index < -0.39 is 17.6 Å². The maximum absolute atomic E-state index is 12.8. The van der Waals surface area contributed by atoms with E-state index in [-0.39, 0.29) is 18.6 Å². The average Bonchev–Trinajstić information content (AvgIpc) is 2.82. The first-order chi connectivity index (χ1) is 16.3. The second kappa shape index (κ2) is 11.0. The van der Waals surface area contributed by atoms with Crippen LogP contribution in [0.15, 0.2) is 71.8 Å². The predicted octanol–water partition coefficient (Wildman–Crippen LogP) is 4.86. The van der Waals surface area contributed by atoms with Crippen LogP contribution < -0.4 is 14.9 Å². The fraction of sp³-hybridized carbons (Fsp3) is 0.160. The molecule has 0 heterocycles. The summed E-state index contributed by atoms with van der Waals surface area (Å²) >= 11 is 0. The largest absolute Gasteiger partial charge is 0.493 e. The lowest BCUT2D eigenvalue weighted by Gasteiger charge is -2.12. The first-order valence-electron chi connectivity index (χ1n) is 10.1. The van der Waals surface area contributed by atoms with Crippen LogP contribution in [0.1, 0.15) is 27.8 Å². The van der Waals surface area contributed by atoms with Crippen molar-refractivity contribution in [2.24, 2.45) is 5.10 Å². The van der Waals surface area contributed by atoms with Crippen molar-refractivity contribution in [3.63, 3.8) is 0 Å². The van der Waals surface area contributed by atoms with E-state index >= 15 is 0 Å². The van der Waals surface area contributed by atoms with Crippen molar-refractivity contribution in [2.75, 3.05) is 7.11 Å². The molecule has 0 aromatic heterocycles. The third-order valence-corrected chi connectivity index (χ3v) is 4.73. The molecule has 0 aliphatic carbocycles. The Labute approximate surface area is 194 Å². The summed E-state index contributed by atoms with van der Waals surface area (Å²) in [5.74, 6) is 0.327. The van der Waals surface area contributed by atoms with Gasteiger partial charge in [-0.25, -0.2) is 5.43 Å². The van der Waals surface area contributed by atoms with Gasteiger partial charge in [-0.15, -0.1) is 0 Å². The summed E-state index contributed by atoms with van der Waals surface area (Å²) in [5.41, 5.74) is 3.56. The highest BCUT2D eigenvalue weighted by Gasteiger charge is 2.30. The first-order valence-corrected chi connectivity index (χ1v) is 10.1. The molecule has 1 N–H and O–H groups in total. The standard InChI is InChI=1S/C25H20F3N3O3/c1-33-23-12-18(9-10-22(23)34-16-20-7-3-2-6-19(20)14-29)15-30-31-24(32)13-17-5-4-8-21(11-17)25(26,27)28/h2-12,15H,13,16H2,1H3,(H,31,32). The van der Waals surface area contributed by atoms with Crippen molar-refractivity contribution in [3.05, 3.63) is 94.5 Å². The third-order valence-electron chi connectivity index (χ3n) is 4.73. The van der Waals surface area contributed by atoms with E-state index in [9.17, 15) is 23.2 Å². The number of alkyl halides is 3. The number of methoxy groups -OCH3 is 1. The van der Waals surface area contributed by atoms with Crippen LogP contribution in [-0.4, -0.2) is 19.2 Å². The van der Waals surface area contributed by atoms with Crippen LogP contribution in [0.5, 0.6) is 11.5 Å². The molecular weight excluding hydrogens is 447 g/mol. The molecule has 0 saturated heterocycles. The summed E-state index contributed by atoms with van der Waals surface area (Å²) < 4.78 is 49.5. The van der Waals surface area contributed by atoms with Gasteiger partial charge in [-0.3, -0.25) is 4.79 Å². The molecule has 3 aromatic rings. The second-order valence-electron chi connectivity index (χ2n) is 7.14. The normalized spacial score (nSPS) is 11.1. The summed E-state index contributed by atoms with van der Waals surface area (Å²) in [7, 11) is 1.48. The molecule has 0 spiro atoms. The molecule has 0 bridgehead atoms. The number of halogens is 3. The number of hydrazone groups is 1. The van der Waals surface area contributed by atoms with E-state index in [0.717, 1.165) is 17.7 Å². The van der Waals surface area contributed by atoms with E-state index in [1.807, 2.05) is 6.07 Å². The zero-order valence-corrected chi connectivity index (χ0v) is 18.1. The van der Waals surface area contributed by atoms with Crippen LogP contribution in [0.25, 0.3) is 0 Å². The Bertz CT molecular complexity index is 1230. The predicted molar refractivity (Wildman–Crippen MR) is 119 cm³/mol. The Kier molecular flexibility index (Phi) is 7.88. The number of carbonyl (C=O) groups is 1.